The van der Waals surface area contributed by atoms with Crippen LogP contribution in [0.25, 0.3) is 110 Å². The Balaban J connectivity index is 0.000000149. The highest BCUT2D eigenvalue weighted by Crippen LogP contribution is 2.53. The van der Waals surface area contributed by atoms with Gasteiger partial charge in [0.05, 0.1) is 0 Å². The number of anilines is 6. The van der Waals surface area contributed by atoms with Crippen molar-refractivity contribution in [3.63, 3.8) is 0 Å². The number of fused-ring (bicyclic) bond motifs is 10. The van der Waals surface area contributed by atoms with E-state index in [-0.39, 0.29) is 16.2 Å². The molecule has 3 aliphatic rings. The summed E-state index contributed by atoms with van der Waals surface area (Å²) in [6, 6.07) is 145. The molecule has 1 aliphatic carbocycles. The van der Waals surface area contributed by atoms with Gasteiger partial charge in [0.25, 0.3) is 0 Å². The minimum Gasteiger partial charge on any atom is -0.457 e. The first-order chi connectivity index (χ1) is 56.2. The summed E-state index contributed by atoms with van der Waals surface area (Å²) in [6.07, 6.45) is 0. The summed E-state index contributed by atoms with van der Waals surface area (Å²) >= 11 is 0. The van der Waals surface area contributed by atoms with E-state index in [4.69, 9.17) is 9.47 Å². The second-order valence-electron chi connectivity index (χ2n) is 32.3. The molecule has 0 atom stereocenters. The summed E-state index contributed by atoms with van der Waals surface area (Å²) in [5.74, 6) is 3.73. The van der Waals surface area contributed by atoms with Gasteiger partial charge in [0.1, 0.15) is 23.0 Å². The maximum absolute atomic E-state index is 6.38. The minimum atomic E-state index is -0.178. The lowest BCUT2D eigenvalue weighted by Crippen LogP contribution is -2.24. The maximum Gasteiger partial charge on any atom is 0.131 e. The monoisotopic (exact) mass is 1480 g/mol. The fourth-order valence-corrected chi connectivity index (χ4v) is 18.2. The molecule has 0 unspecified atom stereocenters. The second kappa shape index (κ2) is 28.3. The van der Waals surface area contributed by atoms with Gasteiger partial charge in [0, 0.05) is 72.6 Å². The predicted molar refractivity (Wildman–Crippen MR) is 482 cm³/mol. The molecular formula is C111H84N2O2. The summed E-state index contributed by atoms with van der Waals surface area (Å²) in [5, 5.41) is 7.52. The fraction of sp³-hybridized carbons (Fsp3) is 0.0811. The Bertz CT molecular complexity index is 6630. The summed E-state index contributed by atoms with van der Waals surface area (Å²) in [7, 11) is 0. The van der Waals surface area contributed by atoms with Gasteiger partial charge in [-0.2, -0.15) is 0 Å². The van der Waals surface area contributed by atoms with E-state index in [0.29, 0.717) is 0 Å². The molecule has 0 bridgehead atoms. The van der Waals surface area contributed by atoms with Gasteiger partial charge in [0.15, 0.2) is 0 Å². The van der Waals surface area contributed by atoms with Gasteiger partial charge in [-0.3, -0.25) is 0 Å². The second-order valence-corrected chi connectivity index (χ2v) is 32.3. The lowest BCUT2D eigenvalue weighted by atomic mass is 9.75. The van der Waals surface area contributed by atoms with Crippen molar-refractivity contribution in [1.82, 2.24) is 0 Å². The summed E-state index contributed by atoms with van der Waals surface area (Å²) < 4.78 is 12.7. The Morgan fingerprint density at radius 1 is 0.174 bits per heavy atom. The van der Waals surface area contributed by atoms with E-state index in [2.05, 4.69) is 440 Å². The van der Waals surface area contributed by atoms with E-state index in [1.54, 1.807) is 0 Å². The van der Waals surface area contributed by atoms with Gasteiger partial charge in [-0.05, 0) is 237 Å². The summed E-state index contributed by atoms with van der Waals surface area (Å²) in [5.41, 5.74) is 30.9. The van der Waals surface area contributed by atoms with Crippen LogP contribution in [0.3, 0.4) is 0 Å². The van der Waals surface area contributed by atoms with E-state index in [1.807, 2.05) is 12.1 Å². The third kappa shape index (κ3) is 12.5. The number of ether oxygens (including phenoxy) is 2. The van der Waals surface area contributed by atoms with Gasteiger partial charge < -0.3 is 19.3 Å². The number of benzene rings is 18. The van der Waals surface area contributed by atoms with Crippen LogP contribution >= 0.6 is 0 Å². The quantitative estimate of drug-likeness (QED) is 0.122. The Morgan fingerprint density at radius 2 is 0.417 bits per heavy atom. The van der Waals surface area contributed by atoms with Gasteiger partial charge in [-0.15, -0.1) is 0 Å². The van der Waals surface area contributed by atoms with Crippen LogP contribution in [0, 0.1) is 0 Å². The van der Waals surface area contributed by atoms with Crippen molar-refractivity contribution in [2.45, 2.75) is 57.8 Å². The van der Waals surface area contributed by atoms with Crippen molar-refractivity contribution < 1.29 is 9.47 Å². The Morgan fingerprint density at radius 3 is 0.783 bits per heavy atom. The lowest BCUT2D eigenvalue weighted by molar-refractivity contribution is 0.418. The summed E-state index contributed by atoms with van der Waals surface area (Å²) in [4.78, 5) is 4.72. The van der Waals surface area contributed by atoms with Gasteiger partial charge in [-0.1, -0.05) is 327 Å². The molecule has 4 heteroatoms. The number of nitrogens with zero attached hydrogens (tertiary/aromatic N) is 2. The maximum atomic E-state index is 6.38. The molecule has 115 heavy (non-hydrogen) atoms. The average molecular weight is 1480 g/mol. The van der Waals surface area contributed by atoms with Crippen molar-refractivity contribution in [2.24, 2.45) is 0 Å². The standard InChI is InChI=1S/C58H45NO.C53H39NO/c1-57(2)51-17-8-7-15-49(51)50-34-26-42(36-53(50)57)38-20-28-44(29-21-38)59(46-32-24-41(25-33-46)48-16-11-13-40-12-5-6-14-47(40)48)45-30-22-39(23-31-45)43-27-35-56-54(37-43)58(3,4)52-18-9-10-19-55(52)60-56;1-53(2)49-19-7-8-20-51(49)55-52-34-27-41(35-50(52)53)36-21-28-42(29-22-36)54(43-30-23-39(24-31-43)47-17-9-13-37-11-3-5-15-45(37)47)44-32-25-40(26-33-44)48-18-10-14-38-12-4-6-16-46(38)48/h5-37H,1-4H3;3-35H,1-2H3. The molecule has 0 amide bonds. The molecule has 18 aromatic carbocycles. The molecule has 4 nitrogen and oxygen atoms in total. The molecule has 0 aromatic heterocycles. The highest BCUT2D eigenvalue weighted by Gasteiger charge is 2.38. The molecule has 0 fully saturated rings. The zero-order chi connectivity index (χ0) is 77.5. The van der Waals surface area contributed by atoms with Crippen LogP contribution in [0.1, 0.15) is 74.9 Å². The molecule has 2 heterocycles. The molecule has 0 N–H and O–H groups in total. The SMILES string of the molecule is CC1(C)c2ccccc2Oc2ccc(-c3ccc(N(c4ccc(-c5ccc6c(c5)C(C)(C)c5ccccc5-6)cc4)c4ccc(-c5cccc6ccccc56)cc4)cc3)cc21.CC1(C)c2ccccc2Oc2ccc(-c3ccc(N(c4ccc(-c5cccc6ccccc56)cc4)c4ccc(-c5cccc6ccccc56)cc4)cc3)cc21. The van der Waals surface area contributed by atoms with Crippen molar-refractivity contribution in [1.29, 1.82) is 0 Å². The van der Waals surface area contributed by atoms with E-state index in [9.17, 15) is 0 Å². The van der Waals surface area contributed by atoms with Crippen LogP contribution in [-0.4, -0.2) is 0 Å². The molecule has 18 aromatic rings. The van der Waals surface area contributed by atoms with Crippen molar-refractivity contribution >= 4 is 66.4 Å². The molecule has 550 valence electrons. The van der Waals surface area contributed by atoms with Crippen LogP contribution in [0.15, 0.2) is 400 Å². The highest BCUT2D eigenvalue weighted by molar-refractivity contribution is 6.00. The molecule has 21 rings (SSSR count). The molecule has 2 aliphatic heterocycles. The zero-order valence-corrected chi connectivity index (χ0v) is 65.3. The van der Waals surface area contributed by atoms with E-state index in [1.165, 1.54) is 144 Å². The van der Waals surface area contributed by atoms with Crippen LogP contribution < -0.4 is 19.3 Å². The minimum absolute atomic E-state index is 0.0441. The average Bonchev–Trinajstić information content (AvgIpc) is 1.70. The normalized spacial score (nSPS) is 13.5. The van der Waals surface area contributed by atoms with Gasteiger partial charge in [0.2, 0.25) is 0 Å². The zero-order valence-electron chi connectivity index (χ0n) is 65.3. The first-order valence-corrected chi connectivity index (χ1v) is 40.0. The number of para-hydroxylation sites is 2. The summed E-state index contributed by atoms with van der Waals surface area (Å²) in [6.45, 7) is 13.8. The third-order valence-electron chi connectivity index (χ3n) is 24.5. The first kappa shape index (κ1) is 70.1. The van der Waals surface area contributed by atoms with Crippen molar-refractivity contribution in [3.05, 3.63) is 434 Å². The topological polar surface area (TPSA) is 24.9 Å². The molecule has 0 spiro atoms. The number of rotatable bonds is 12. The Labute approximate surface area is 673 Å². The molecule has 0 saturated carbocycles. The van der Waals surface area contributed by atoms with E-state index >= 15 is 0 Å². The molecular weight excluding hydrogens is 1390 g/mol. The third-order valence-corrected chi connectivity index (χ3v) is 24.5. The smallest absolute Gasteiger partial charge is 0.131 e. The Kier molecular flexibility index (Phi) is 17.2. The molecule has 0 saturated heterocycles. The highest BCUT2D eigenvalue weighted by atomic mass is 16.5. The van der Waals surface area contributed by atoms with Crippen molar-refractivity contribution in [3.8, 4) is 101 Å². The first-order valence-electron chi connectivity index (χ1n) is 40.0. The van der Waals surface area contributed by atoms with E-state index in [0.717, 1.165) is 57.1 Å². The Hall–Kier alpha value is -14.1. The van der Waals surface area contributed by atoms with Crippen LogP contribution in [0.2, 0.25) is 0 Å². The van der Waals surface area contributed by atoms with Crippen LogP contribution in [0.5, 0.6) is 23.0 Å². The van der Waals surface area contributed by atoms with Crippen LogP contribution in [0.4, 0.5) is 34.1 Å². The lowest BCUT2D eigenvalue weighted by Gasteiger charge is -2.34. The van der Waals surface area contributed by atoms with Crippen molar-refractivity contribution in [2.75, 3.05) is 9.80 Å². The predicted octanol–water partition coefficient (Wildman–Crippen LogP) is 30.9. The number of hydrogen-bond donors (Lipinski definition) is 0. The fourth-order valence-electron chi connectivity index (χ4n) is 18.2. The van der Waals surface area contributed by atoms with Crippen LogP contribution in [-0.2, 0) is 16.2 Å². The largest absolute Gasteiger partial charge is 0.457 e. The number of hydrogen-bond acceptors (Lipinski definition) is 4. The van der Waals surface area contributed by atoms with Gasteiger partial charge >= 0.3 is 0 Å². The van der Waals surface area contributed by atoms with E-state index < -0.39 is 0 Å². The molecule has 0 radical (unpaired) electrons. The van der Waals surface area contributed by atoms with Gasteiger partial charge in [-0.25, -0.2) is 0 Å².